The molecule has 0 aliphatic carbocycles. The third-order valence-electron chi connectivity index (χ3n) is 7.48. The van der Waals surface area contributed by atoms with Gasteiger partial charge in [0.1, 0.15) is 16.5 Å². The molecule has 1 unspecified atom stereocenters. The molecular formula is C31H48N6O7S. The van der Waals surface area contributed by atoms with E-state index in [1.807, 2.05) is 7.05 Å². The van der Waals surface area contributed by atoms with E-state index in [1.54, 1.807) is 24.4 Å². The number of phenols is 1. The molecule has 1 heterocycles. The predicted octanol–water partition coefficient (Wildman–Crippen LogP) is 2.93. The van der Waals surface area contributed by atoms with Crippen molar-refractivity contribution < 1.29 is 34.1 Å². The smallest absolute Gasteiger partial charge is 0.306 e. The van der Waals surface area contributed by atoms with Gasteiger partial charge in [0, 0.05) is 30.8 Å². The molecule has 250 valence electrons. The first-order valence-corrected chi connectivity index (χ1v) is 16.1. The van der Waals surface area contributed by atoms with Crippen LogP contribution in [-0.2, 0) is 25.5 Å². The molecule has 5 atom stereocenters. The van der Waals surface area contributed by atoms with Gasteiger partial charge in [-0.2, -0.15) is 0 Å². The molecule has 1 aromatic heterocycles. The summed E-state index contributed by atoms with van der Waals surface area (Å²) in [7, 11) is 1.83. The number of esters is 1. The number of carboxylic acid groups (broad SMARTS) is 1. The number of thiazole rings is 1. The number of hydrogen-bond donors (Lipinski definition) is 7. The number of carbonyl (C=O) groups is 4. The van der Waals surface area contributed by atoms with E-state index in [4.69, 9.17) is 16.2 Å². The van der Waals surface area contributed by atoms with E-state index in [0.717, 1.165) is 6.42 Å². The minimum Gasteiger partial charge on any atom is -0.506 e. The van der Waals surface area contributed by atoms with Crippen LogP contribution in [0.4, 0.5) is 5.69 Å². The number of benzene rings is 1. The van der Waals surface area contributed by atoms with Crippen molar-refractivity contribution in [2.45, 2.75) is 90.4 Å². The van der Waals surface area contributed by atoms with E-state index in [2.05, 4.69) is 34.8 Å². The summed E-state index contributed by atoms with van der Waals surface area (Å²) in [6.45, 7) is 7.48. The maximum Gasteiger partial charge on any atom is 0.306 e. The average molecular weight is 649 g/mol. The summed E-state index contributed by atoms with van der Waals surface area (Å²) in [4.78, 5) is 53.9. The lowest BCUT2D eigenvalue weighted by Gasteiger charge is -2.24. The SMILES string of the molecule is CN[C@H](C[C@@H](OC(C)=O)c1nc(C(=O)N[C@@H](Cc2ccc(O)c(NC(=O)[C@@H](N)CCCCN)c2)CC(C)C(=O)O)cs1)C(C)C. The van der Waals surface area contributed by atoms with Crippen molar-refractivity contribution in [1.29, 1.82) is 0 Å². The standard InChI is InChI=1S/C31H48N6O7S/c1-17(2)23(34-5)15-27(44-19(4)38)30-37-25(16-45-30)29(41)35-21(12-18(3)31(42)43)13-20-9-10-26(39)24(14-20)36-28(40)22(33)8-6-7-11-32/h9-10,14,16-18,21-23,27,34,39H,6-8,11-13,15,32-33H2,1-5H3,(H,35,41)(H,36,40)(H,42,43)/t18?,21-,22+,23-,27-/m1/s1. The molecule has 0 bridgehead atoms. The Labute approximate surface area is 268 Å². The van der Waals surface area contributed by atoms with Gasteiger partial charge in [-0.1, -0.05) is 33.3 Å². The number of carbonyl (C=O) groups excluding carboxylic acids is 3. The van der Waals surface area contributed by atoms with Crippen molar-refractivity contribution in [2.75, 3.05) is 18.9 Å². The Balaban J connectivity index is 2.24. The number of anilines is 1. The second-order valence-corrected chi connectivity index (χ2v) is 12.5. The Morgan fingerprint density at radius 1 is 1.11 bits per heavy atom. The molecule has 9 N–H and O–H groups in total. The first-order chi connectivity index (χ1) is 21.2. The van der Waals surface area contributed by atoms with Crippen LogP contribution in [0.3, 0.4) is 0 Å². The molecule has 2 amide bonds. The van der Waals surface area contributed by atoms with Crippen molar-refractivity contribution in [3.05, 3.63) is 39.8 Å². The van der Waals surface area contributed by atoms with Crippen LogP contribution in [0.5, 0.6) is 5.75 Å². The lowest BCUT2D eigenvalue weighted by Crippen LogP contribution is -2.39. The van der Waals surface area contributed by atoms with Gasteiger partial charge in [-0.15, -0.1) is 11.3 Å². The van der Waals surface area contributed by atoms with Crippen LogP contribution < -0.4 is 27.4 Å². The van der Waals surface area contributed by atoms with Gasteiger partial charge in [0.2, 0.25) is 5.91 Å². The van der Waals surface area contributed by atoms with Gasteiger partial charge in [0.25, 0.3) is 5.91 Å². The number of rotatable bonds is 19. The highest BCUT2D eigenvalue weighted by atomic mass is 32.1. The number of phenolic OH excluding ortho intramolecular Hbond substituents is 1. The third kappa shape index (κ3) is 12.4. The van der Waals surface area contributed by atoms with Crippen molar-refractivity contribution in [3.63, 3.8) is 0 Å². The predicted molar refractivity (Wildman–Crippen MR) is 173 cm³/mol. The molecule has 0 saturated heterocycles. The third-order valence-corrected chi connectivity index (χ3v) is 8.42. The van der Waals surface area contributed by atoms with Crippen molar-refractivity contribution in [3.8, 4) is 5.75 Å². The van der Waals surface area contributed by atoms with E-state index in [0.29, 0.717) is 36.4 Å². The number of nitrogens with one attached hydrogen (secondary N) is 3. The molecule has 0 spiro atoms. The first kappa shape index (κ1) is 37.6. The zero-order chi connectivity index (χ0) is 33.7. The molecule has 13 nitrogen and oxygen atoms in total. The Bertz CT molecular complexity index is 1290. The van der Waals surface area contributed by atoms with Crippen molar-refractivity contribution >= 4 is 40.8 Å². The number of aliphatic carboxylic acids is 1. The number of nitrogens with two attached hydrogens (primary N) is 2. The topological polar surface area (TPSA) is 219 Å². The number of hydrogen-bond acceptors (Lipinski definition) is 11. The van der Waals surface area contributed by atoms with Gasteiger partial charge < -0.3 is 42.4 Å². The highest BCUT2D eigenvalue weighted by molar-refractivity contribution is 7.09. The number of ether oxygens (including phenoxy) is 1. The molecular weight excluding hydrogens is 600 g/mol. The molecule has 45 heavy (non-hydrogen) atoms. The van der Waals surface area contributed by atoms with Gasteiger partial charge in [0.05, 0.1) is 17.6 Å². The number of aromatic hydroxyl groups is 1. The summed E-state index contributed by atoms with van der Waals surface area (Å²) >= 11 is 1.20. The number of nitrogens with zero attached hydrogens (tertiary/aromatic N) is 1. The zero-order valence-electron chi connectivity index (χ0n) is 26.7. The van der Waals surface area contributed by atoms with Crippen LogP contribution in [0.15, 0.2) is 23.6 Å². The molecule has 1 aromatic carbocycles. The van der Waals surface area contributed by atoms with Crippen molar-refractivity contribution in [1.82, 2.24) is 15.6 Å². The van der Waals surface area contributed by atoms with Crippen LogP contribution in [0, 0.1) is 11.8 Å². The molecule has 2 aromatic rings. The average Bonchev–Trinajstić information content (AvgIpc) is 3.47. The highest BCUT2D eigenvalue weighted by Gasteiger charge is 2.27. The second-order valence-electron chi connectivity index (χ2n) is 11.6. The molecule has 0 radical (unpaired) electrons. The lowest BCUT2D eigenvalue weighted by atomic mass is 9.95. The van der Waals surface area contributed by atoms with Gasteiger partial charge in [0.15, 0.2) is 6.10 Å². The Morgan fingerprint density at radius 2 is 1.82 bits per heavy atom. The zero-order valence-corrected chi connectivity index (χ0v) is 27.5. The van der Waals surface area contributed by atoms with Crippen molar-refractivity contribution in [2.24, 2.45) is 23.3 Å². The number of unbranched alkanes of at least 4 members (excludes halogenated alkanes) is 1. The minimum absolute atomic E-state index is 0.0456. The Hall–Kier alpha value is -3.59. The maximum absolute atomic E-state index is 13.3. The summed E-state index contributed by atoms with van der Waals surface area (Å²) in [5.41, 5.74) is 12.4. The van der Waals surface area contributed by atoms with Gasteiger partial charge in [-0.25, -0.2) is 4.98 Å². The van der Waals surface area contributed by atoms with Crippen LogP contribution in [0.1, 0.15) is 87.0 Å². The molecule has 14 heteroatoms. The summed E-state index contributed by atoms with van der Waals surface area (Å²) in [5, 5.41) is 30.7. The number of carboxylic acids is 1. The second kappa shape index (κ2) is 18.4. The molecule has 0 fully saturated rings. The fourth-order valence-electron chi connectivity index (χ4n) is 4.83. The van der Waals surface area contributed by atoms with E-state index in [9.17, 15) is 29.4 Å². The Kier molecular flexibility index (Phi) is 15.4. The fourth-order valence-corrected chi connectivity index (χ4v) is 5.67. The quantitative estimate of drug-likeness (QED) is 0.0667. The molecule has 0 saturated carbocycles. The van der Waals surface area contributed by atoms with Gasteiger partial charge in [-0.05, 0) is 62.9 Å². The summed E-state index contributed by atoms with van der Waals surface area (Å²) in [5.74, 6) is -3.10. The lowest BCUT2D eigenvalue weighted by molar-refractivity contribution is -0.147. The normalized spacial score (nSPS) is 14.7. The summed E-state index contributed by atoms with van der Waals surface area (Å²) in [6.07, 6.45) is 2.03. The Morgan fingerprint density at radius 3 is 2.42 bits per heavy atom. The highest BCUT2D eigenvalue weighted by Crippen LogP contribution is 2.29. The van der Waals surface area contributed by atoms with E-state index in [1.165, 1.54) is 24.3 Å². The number of aromatic nitrogens is 1. The van der Waals surface area contributed by atoms with Crippen LogP contribution >= 0.6 is 11.3 Å². The van der Waals surface area contributed by atoms with Crippen LogP contribution in [-0.4, -0.2) is 70.7 Å². The maximum atomic E-state index is 13.3. The summed E-state index contributed by atoms with van der Waals surface area (Å²) < 4.78 is 5.55. The van der Waals surface area contributed by atoms with Gasteiger partial charge in [-0.3, -0.25) is 19.2 Å². The molecule has 2 rings (SSSR count). The number of amides is 2. The molecule has 0 aliphatic heterocycles. The van der Waals surface area contributed by atoms with Gasteiger partial charge >= 0.3 is 11.9 Å². The summed E-state index contributed by atoms with van der Waals surface area (Å²) in [6, 6.07) is 3.27. The first-order valence-electron chi connectivity index (χ1n) is 15.2. The molecule has 0 aliphatic rings. The minimum atomic E-state index is -1.01. The monoisotopic (exact) mass is 648 g/mol. The van der Waals surface area contributed by atoms with E-state index in [-0.39, 0.29) is 41.9 Å². The fraction of sp³-hybridized carbons (Fsp3) is 0.581. The van der Waals surface area contributed by atoms with Crippen LogP contribution in [0.2, 0.25) is 0 Å². The van der Waals surface area contributed by atoms with Crippen LogP contribution in [0.25, 0.3) is 0 Å². The van der Waals surface area contributed by atoms with E-state index < -0.39 is 47.9 Å². The van der Waals surface area contributed by atoms with E-state index >= 15 is 0 Å². The largest absolute Gasteiger partial charge is 0.506 e.